The molecule has 0 aliphatic carbocycles. The summed E-state index contributed by atoms with van der Waals surface area (Å²) in [6.07, 6.45) is 2.31. The number of amides is 1. The first kappa shape index (κ1) is 14.5. The summed E-state index contributed by atoms with van der Waals surface area (Å²) in [6, 6.07) is 6.74. The van der Waals surface area contributed by atoms with Crippen LogP contribution in [-0.2, 0) is 4.79 Å². The maximum absolute atomic E-state index is 12.3. The van der Waals surface area contributed by atoms with E-state index in [0.717, 1.165) is 37.4 Å². The lowest BCUT2D eigenvalue weighted by atomic mass is 9.75. The SMILES string of the molecule is O=C(CO)N1C[C@H](c2ccc3c(c2)OCO3)[C@H]2[C@@H]1C1CCN2CC1. The molecular weight excluding hydrogens is 308 g/mol. The number of aliphatic hydroxyl groups is 1. The lowest BCUT2D eigenvalue weighted by Gasteiger charge is -2.51. The number of benzene rings is 1. The second kappa shape index (κ2) is 5.36. The number of rotatable bonds is 2. The van der Waals surface area contributed by atoms with E-state index in [2.05, 4.69) is 17.0 Å². The summed E-state index contributed by atoms with van der Waals surface area (Å²) < 4.78 is 11.0. The van der Waals surface area contributed by atoms with Gasteiger partial charge < -0.3 is 19.5 Å². The molecule has 0 spiro atoms. The summed E-state index contributed by atoms with van der Waals surface area (Å²) in [5.41, 5.74) is 1.20. The number of carbonyl (C=O) groups excluding carboxylic acids is 1. The molecule has 0 unspecified atom stereocenters. The zero-order valence-corrected chi connectivity index (χ0v) is 13.6. The molecule has 5 aliphatic heterocycles. The van der Waals surface area contributed by atoms with Gasteiger partial charge in [0.2, 0.25) is 12.7 Å². The van der Waals surface area contributed by atoms with Crippen molar-refractivity contribution in [1.82, 2.24) is 9.80 Å². The van der Waals surface area contributed by atoms with Gasteiger partial charge in [-0.15, -0.1) is 0 Å². The van der Waals surface area contributed by atoms with E-state index in [9.17, 15) is 9.90 Å². The van der Waals surface area contributed by atoms with Gasteiger partial charge in [0.1, 0.15) is 6.61 Å². The van der Waals surface area contributed by atoms with Gasteiger partial charge in [0, 0.05) is 18.5 Å². The first-order chi connectivity index (χ1) is 11.8. The third-order valence-electron chi connectivity index (χ3n) is 6.27. The van der Waals surface area contributed by atoms with Crippen LogP contribution in [0.4, 0.5) is 0 Å². The van der Waals surface area contributed by atoms with E-state index in [0.29, 0.717) is 18.5 Å². The molecule has 3 atom stereocenters. The third kappa shape index (κ3) is 1.99. The standard InChI is InChI=1S/C18H22N2O4/c21-9-16(22)20-8-13(12-1-2-14-15(7-12)24-10-23-14)18-17(20)11-3-5-19(18)6-4-11/h1-2,7,11,13,17-18,21H,3-6,8-10H2/t13-,17+,18+/m1/s1. The Kier molecular flexibility index (Phi) is 3.25. The fraction of sp³-hybridized carbons (Fsp3) is 0.611. The lowest BCUT2D eigenvalue weighted by molar-refractivity contribution is -0.138. The number of piperidine rings is 3. The van der Waals surface area contributed by atoms with Gasteiger partial charge in [0.25, 0.3) is 0 Å². The van der Waals surface area contributed by atoms with E-state index in [-0.39, 0.29) is 24.7 Å². The Morgan fingerprint density at radius 3 is 2.75 bits per heavy atom. The summed E-state index contributed by atoms with van der Waals surface area (Å²) in [5.74, 6) is 2.29. The highest BCUT2D eigenvalue weighted by Crippen LogP contribution is 2.47. The van der Waals surface area contributed by atoms with Crippen molar-refractivity contribution >= 4 is 5.91 Å². The van der Waals surface area contributed by atoms with Gasteiger partial charge in [-0.1, -0.05) is 6.07 Å². The summed E-state index contributed by atoms with van der Waals surface area (Å²) in [6.45, 7) is 2.80. The Morgan fingerprint density at radius 1 is 1.17 bits per heavy atom. The van der Waals surface area contributed by atoms with Gasteiger partial charge in [-0.2, -0.15) is 0 Å². The van der Waals surface area contributed by atoms with Crippen molar-refractivity contribution in [2.24, 2.45) is 5.92 Å². The minimum absolute atomic E-state index is 0.137. The van der Waals surface area contributed by atoms with Crippen LogP contribution in [0.15, 0.2) is 18.2 Å². The summed E-state index contributed by atoms with van der Waals surface area (Å²) >= 11 is 0. The number of ether oxygens (including phenoxy) is 2. The summed E-state index contributed by atoms with van der Waals surface area (Å²) in [7, 11) is 0. The fourth-order valence-corrected chi connectivity index (χ4v) is 5.23. The second-order valence-corrected chi connectivity index (χ2v) is 7.28. The molecular formula is C18H22N2O4. The van der Waals surface area contributed by atoms with Crippen molar-refractivity contribution in [3.8, 4) is 11.5 Å². The number of carbonyl (C=O) groups is 1. The molecule has 128 valence electrons. The van der Waals surface area contributed by atoms with E-state index in [1.54, 1.807) is 0 Å². The minimum atomic E-state index is -0.399. The number of hydrogen-bond donors (Lipinski definition) is 1. The Bertz CT molecular complexity index is 671. The van der Waals surface area contributed by atoms with Crippen molar-refractivity contribution in [1.29, 1.82) is 0 Å². The number of aliphatic hydroxyl groups excluding tert-OH is 1. The van der Waals surface area contributed by atoms with Crippen molar-refractivity contribution in [2.75, 3.05) is 33.0 Å². The van der Waals surface area contributed by atoms with Crippen LogP contribution >= 0.6 is 0 Å². The van der Waals surface area contributed by atoms with Crippen molar-refractivity contribution in [2.45, 2.75) is 30.8 Å². The van der Waals surface area contributed by atoms with Crippen LogP contribution in [0.5, 0.6) is 11.5 Å². The van der Waals surface area contributed by atoms with Crippen LogP contribution in [0.1, 0.15) is 24.3 Å². The molecule has 5 aliphatic rings. The maximum Gasteiger partial charge on any atom is 0.248 e. The molecule has 0 aromatic heterocycles. The number of hydrogen-bond acceptors (Lipinski definition) is 5. The van der Waals surface area contributed by atoms with Crippen molar-refractivity contribution < 1.29 is 19.4 Å². The van der Waals surface area contributed by atoms with Gasteiger partial charge in [-0.3, -0.25) is 9.69 Å². The Hall–Kier alpha value is -1.79. The summed E-state index contributed by atoms with van der Waals surface area (Å²) in [5, 5.41) is 9.40. The molecule has 2 bridgehead atoms. The Morgan fingerprint density at radius 2 is 1.96 bits per heavy atom. The third-order valence-corrected chi connectivity index (χ3v) is 6.27. The smallest absolute Gasteiger partial charge is 0.248 e. The maximum atomic E-state index is 12.3. The van der Waals surface area contributed by atoms with Crippen LogP contribution in [0.2, 0.25) is 0 Å². The number of fused-ring (bicyclic) bond motifs is 3. The first-order valence-electron chi connectivity index (χ1n) is 8.80. The van der Waals surface area contributed by atoms with Gasteiger partial charge in [0.15, 0.2) is 11.5 Å². The van der Waals surface area contributed by atoms with Gasteiger partial charge in [0.05, 0.1) is 6.04 Å². The molecule has 6 rings (SSSR count). The zero-order valence-electron chi connectivity index (χ0n) is 13.6. The molecule has 0 saturated carbocycles. The molecule has 6 heteroatoms. The average Bonchev–Trinajstić information content (AvgIpc) is 3.27. The predicted molar refractivity (Wildman–Crippen MR) is 86.0 cm³/mol. The topological polar surface area (TPSA) is 62.2 Å². The predicted octanol–water partition coefficient (Wildman–Crippen LogP) is 0.796. The number of likely N-dealkylation sites (tertiary alicyclic amines) is 1. The molecule has 4 fully saturated rings. The second-order valence-electron chi connectivity index (χ2n) is 7.28. The van der Waals surface area contributed by atoms with Gasteiger partial charge >= 0.3 is 0 Å². The van der Waals surface area contributed by atoms with Crippen LogP contribution in [-0.4, -0.2) is 65.9 Å². The van der Waals surface area contributed by atoms with Crippen LogP contribution in [0.3, 0.4) is 0 Å². The van der Waals surface area contributed by atoms with E-state index < -0.39 is 6.61 Å². The molecule has 5 heterocycles. The molecule has 1 amide bonds. The largest absolute Gasteiger partial charge is 0.454 e. The highest BCUT2D eigenvalue weighted by Gasteiger charge is 2.54. The Labute approximate surface area is 140 Å². The molecule has 24 heavy (non-hydrogen) atoms. The first-order valence-corrected chi connectivity index (χ1v) is 8.80. The molecule has 1 N–H and O–H groups in total. The van der Waals surface area contributed by atoms with Gasteiger partial charge in [-0.25, -0.2) is 0 Å². The molecule has 0 radical (unpaired) electrons. The Balaban J connectivity index is 1.52. The normalized spacial score (nSPS) is 36.0. The molecule has 1 aromatic carbocycles. The average molecular weight is 330 g/mol. The molecule has 1 aromatic rings. The molecule has 4 saturated heterocycles. The van der Waals surface area contributed by atoms with E-state index in [4.69, 9.17) is 9.47 Å². The quantitative estimate of drug-likeness (QED) is 0.869. The highest BCUT2D eigenvalue weighted by molar-refractivity contribution is 5.78. The van der Waals surface area contributed by atoms with E-state index >= 15 is 0 Å². The van der Waals surface area contributed by atoms with E-state index in [1.807, 2.05) is 11.0 Å². The lowest BCUT2D eigenvalue weighted by Crippen LogP contribution is -2.61. The van der Waals surface area contributed by atoms with Crippen molar-refractivity contribution in [3.05, 3.63) is 23.8 Å². The van der Waals surface area contributed by atoms with E-state index in [1.165, 1.54) is 5.56 Å². The fourth-order valence-electron chi connectivity index (χ4n) is 5.23. The minimum Gasteiger partial charge on any atom is -0.454 e. The molecule has 6 nitrogen and oxygen atoms in total. The summed E-state index contributed by atoms with van der Waals surface area (Å²) in [4.78, 5) is 16.8. The number of nitrogens with zero attached hydrogens (tertiary/aromatic N) is 2. The van der Waals surface area contributed by atoms with Crippen LogP contribution in [0, 0.1) is 5.92 Å². The van der Waals surface area contributed by atoms with Gasteiger partial charge in [-0.05, 0) is 49.5 Å². The zero-order chi connectivity index (χ0) is 16.3. The highest BCUT2D eigenvalue weighted by atomic mass is 16.7. The monoisotopic (exact) mass is 330 g/mol. The van der Waals surface area contributed by atoms with Crippen LogP contribution in [0.25, 0.3) is 0 Å². The van der Waals surface area contributed by atoms with Crippen LogP contribution < -0.4 is 9.47 Å². The van der Waals surface area contributed by atoms with Crippen molar-refractivity contribution in [3.63, 3.8) is 0 Å².